The van der Waals surface area contributed by atoms with E-state index in [4.69, 9.17) is 9.47 Å². The van der Waals surface area contributed by atoms with Crippen molar-refractivity contribution in [2.45, 2.75) is 20.5 Å². The number of methoxy groups -OCH3 is 1. The number of hydrogen-bond acceptors (Lipinski definition) is 4. The highest BCUT2D eigenvalue weighted by atomic mass is 127. The molecule has 0 saturated carbocycles. The SMILES string of the molecule is COC(=O)Oc1cccc(I)c1COc1cc(F)c(C)cc1C. The summed E-state index contributed by atoms with van der Waals surface area (Å²) >= 11 is 2.12. The second-order valence-corrected chi connectivity index (χ2v) is 6.09. The van der Waals surface area contributed by atoms with E-state index in [1.807, 2.05) is 13.0 Å². The molecule has 0 unspecified atom stereocenters. The van der Waals surface area contributed by atoms with Crippen LogP contribution in [0.4, 0.5) is 9.18 Å². The van der Waals surface area contributed by atoms with Crippen molar-refractivity contribution < 1.29 is 23.4 Å². The highest BCUT2D eigenvalue weighted by molar-refractivity contribution is 14.1. The fourth-order valence-corrected chi connectivity index (χ4v) is 2.65. The van der Waals surface area contributed by atoms with E-state index in [0.717, 1.165) is 9.13 Å². The van der Waals surface area contributed by atoms with Gasteiger partial charge in [0, 0.05) is 15.2 Å². The van der Waals surface area contributed by atoms with E-state index in [-0.39, 0.29) is 12.4 Å². The Hall–Kier alpha value is -1.83. The molecule has 0 aliphatic heterocycles. The first-order valence-electron chi connectivity index (χ1n) is 6.85. The molecule has 23 heavy (non-hydrogen) atoms. The first-order chi connectivity index (χ1) is 10.9. The van der Waals surface area contributed by atoms with Crippen LogP contribution in [0.2, 0.25) is 0 Å². The first kappa shape index (κ1) is 17.5. The van der Waals surface area contributed by atoms with Gasteiger partial charge >= 0.3 is 6.16 Å². The molecule has 2 rings (SSSR count). The summed E-state index contributed by atoms with van der Waals surface area (Å²) in [5.74, 6) is 0.491. The number of rotatable bonds is 4. The molecule has 4 nitrogen and oxygen atoms in total. The van der Waals surface area contributed by atoms with E-state index in [9.17, 15) is 9.18 Å². The molecular formula is C17H16FIO4. The lowest BCUT2D eigenvalue weighted by molar-refractivity contribution is 0.120. The number of carbonyl (C=O) groups excluding carboxylic acids is 1. The number of hydrogen-bond donors (Lipinski definition) is 0. The van der Waals surface area contributed by atoms with Crippen LogP contribution in [0.25, 0.3) is 0 Å². The van der Waals surface area contributed by atoms with E-state index in [1.165, 1.54) is 13.2 Å². The summed E-state index contributed by atoms with van der Waals surface area (Å²) in [7, 11) is 1.24. The van der Waals surface area contributed by atoms with Crippen LogP contribution < -0.4 is 9.47 Å². The minimum Gasteiger partial charge on any atom is -0.488 e. The van der Waals surface area contributed by atoms with Crippen LogP contribution in [-0.4, -0.2) is 13.3 Å². The Morgan fingerprint density at radius 1 is 1.17 bits per heavy atom. The Bertz CT molecular complexity index is 731. The van der Waals surface area contributed by atoms with Gasteiger partial charge in [0.25, 0.3) is 0 Å². The Balaban J connectivity index is 2.23. The normalized spacial score (nSPS) is 10.3. The van der Waals surface area contributed by atoms with Gasteiger partial charge in [0.1, 0.15) is 23.9 Å². The zero-order valence-corrected chi connectivity index (χ0v) is 15.1. The van der Waals surface area contributed by atoms with E-state index in [1.54, 1.807) is 25.1 Å². The van der Waals surface area contributed by atoms with Gasteiger partial charge in [-0.15, -0.1) is 0 Å². The molecule has 0 aliphatic rings. The van der Waals surface area contributed by atoms with Gasteiger partial charge in [-0.25, -0.2) is 9.18 Å². The van der Waals surface area contributed by atoms with Crippen LogP contribution in [0.15, 0.2) is 30.3 Å². The van der Waals surface area contributed by atoms with Crippen LogP contribution in [0, 0.1) is 23.2 Å². The number of ether oxygens (including phenoxy) is 3. The van der Waals surface area contributed by atoms with Crippen LogP contribution in [0.5, 0.6) is 11.5 Å². The van der Waals surface area contributed by atoms with Gasteiger partial charge in [0.05, 0.1) is 7.11 Å². The summed E-state index contributed by atoms with van der Waals surface area (Å²) in [6.07, 6.45) is -0.800. The molecule has 2 aromatic rings. The predicted octanol–water partition coefficient (Wildman–Crippen LogP) is 4.77. The molecule has 0 heterocycles. The average Bonchev–Trinajstić information content (AvgIpc) is 2.51. The third-order valence-corrected chi connectivity index (χ3v) is 4.27. The third kappa shape index (κ3) is 4.34. The Morgan fingerprint density at radius 3 is 2.61 bits per heavy atom. The minimum atomic E-state index is -0.800. The zero-order chi connectivity index (χ0) is 17.0. The summed E-state index contributed by atoms with van der Waals surface area (Å²) in [5, 5.41) is 0. The predicted molar refractivity (Wildman–Crippen MR) is 92.4 cm³/mol. The molecule has 0 aromatic heterocycles. The van der Waals surface area contributed by atoms with Crippen LogP contribution in [-0.2, 0) is 11.3 Å². The van der Waals surface area contributed by atoms with Crippen molar-refractivity contribution in [1.82, 2.24) is 0 Å². The zero-order valence-electron chi connectivity index (χ0n) is 13.0. The molecule has 0 aliphatic carbocycles. The molecule has 0 fully saturated rings. The van der Waals surface area contributed by atoms with Gasteiger partial charge in [0.15, 0.2) is 0 Å². The van der Waals surface area contributed by atoms with Gasteiger partial charge in [-0.2, -0.15) is 0 Å². The topological polar surface area (TPSA) is 44.8 Å². The Kier molecular flexibility index (Phi) is 5.81. The van der Waals surface area contributed by atoms with Gasteiger partial charge in [0.2, 0.25) is 0 Å². The highest BCUT2D eigenvalue weighted by Gasteiger charge is 2.14. The Morgan fingerprint density at radius 2 is 1.91 bits per heavy atom. The van der Waals surface area contributed by atoms with Crippen molar-refractivity contribution >= 4 is 28.7 Å². The summed E-state index contributed by atoms with van der Waals surface area (Å²) in [5.41, 5.74) is 2.10. The second kappa shape index (κ2) is 7.63. The monoisotopic (exact) mass is 430 g/mol. The summed E-state index contributed by atoms with van der Waals surface area (Å²) in [4.78, 5) is 11.3. The minimum absolute atomic E-state index is 0.148. The molecule has 2 aromatic carbocycles. The summed E-state index contributed by atoms with van der Waals surface area (Å²) in [6.45, 7) is 3.70. The van der Waals surface area contributed by atoms with E-state index >= 15 is 0 Å². The van der Waals surface area contributed by atoms with Gasteiger partial charge < -0.3 is 14.2 Å². The maximum Gasteiger partial charge on any atom is 0.513 e. The first-order valence-corrected chi connectivity index (χ1v) is 7.93. The van der Waals surface area contributed by atoms with Gasteiger partial charge in [-0.1, -0.05) is 6.07 Å². The number of benzene rings is 2. The smallest absolute Gasteiger partial charge is 0.488 e. The largest absolute Gasteiger partial charge is 0.513 e. The van der Waals surface area contributed by atoms with Crippen LogP contribution in [0.1, 0.15) is 16.7 Å². The fourth-order valence-electron chi connectivity index (χ4n) is 2.02. The quantitative estimate of drug-likeness (QED) is 0.398. The van der Waals surface area contributed by atoms with Crippen LogP contribution >= 0.6 is 22.6 Å². The van der Waals surface area contributed by atoms with Crippen LogP contribution in [0.3, 0.4) is 0 Å². The molecule has 0 saturated heterocycles. The van der Waals surface area contributed by atoms with Gasteiger partial charge in [-0.05, 0) is 65.8 Å². The molecular weight excluding hydrogens is 414 g/mol. The molecule has 0 spiro atoms. The number of carbonyl (C=O) groups is 1. The Labute approximate surface area is 147 Å². The molecule has 6 heteroatoms. The maximum absolute atomic E-state index is 13.7. The standard InChI is InChI=1S/C17H16FIO4/c1-10-7-11(2)16(8-13(10)18)22-9-12-14(19)5-4-6-15(12)23-17(20)21-3/h4-8H,9H2,1-3H3. The van der Waals surface area contributed by atoms with Crippen molar-refractivity contribution in [1.29, 1.82) is 0 Å². The van der Waals surface area contributed by atoms with E-state index < -0.39 is 6.16 Å². The van der Waals surface area contributed by atoms with Crippen molar-refractivity contribution in [3.8, 4) is 11.5 Å². The van der Waals surface area contributed by atoms with Crippen molar-refractivity contribution in [3.05, 3.63) is 56.4 Å². The number of aryl methyl sites for hydroxylation is 2. The van der Waals surface area contributed by atoms with E-state index in [2.05, 4.69) is 27.3 Å². The fraction of sp³-hybridized carbons (Fsp3) is 0.235. The van der Waals surface area contributed by atoms with Crippen molar-refractivity contribution in [3.63, 3.8) is 0 Å². The molecule has 0 N–H and O–H groups in total. The lowest BCUT2D eigenvalue weighted by Crippen LogP contribution is -2.11. The number of halogens is 2. The molecule has 122 valence electrons. The molecule has 0 atom stereocenters. The summed E-state index contributed by atoms with van der Waals surface area (Å²) in [6, 6.07) is 8.38. The molecule has 0 amide bonds. The maximum atomic E-state index is 13.7. The van der Waals surface area contributed by atoms with Crippen molar-refractivity contribution in [2.24, 2.45) is 0 Å². The second-order valence-electron chi connectivity index (χ2n) is 4.93. The summed E-state index contributed by atoms with van der Waals surface area (Å²) < 4.78 is 29.9. The van der Waals surface area contributed by atoms with E-state index in [0.29, 0.717) is 22.6 Å². The van der Waals surface area contributed by atoms with Gasteiger partial charge in [-0.3, -0.25) is 0 Å². The lowest BCUT2D eigenvalue weighted by Gasteiger charge is -2.14. The molecule has 0 radical (unpaired) electrons. The van der Waals surface area contributed by atoms with Crippen molar-refractivity contribution in [2.75, 3.05) is 7.11 Å². The lowest BCUT2D eigenvalue weighted by atomic mass is 10.1. The third-order valence-electron chi connectivity index (χ3n) is 3.26. The highest BCUT2D eigenvalue weighted by Crippen LogP contribution is 2.28. The average molecular weight is 430 g/mol. The molecule has 0 bridgehead atoms.